The number of hydrogen-bond acceptors (Lipinski definition) is 5. The van der Waals surface area contributed by atoms with Gasteiger partial charge in [-0.05, 0) is 50.0 Å². The Labute approximate surface area is 200 Å². The van der Waals surface area contributed by atoms with Crippen LogP contribution in [0.2, 0.25) is 0 Å². The molecule has 3 N–H and O–H groups in total. The summed E-state index contributed by atoms with van der Waals surface area (Å²) in [6.07, 6.45) is 8.05. The van der Waals surface area contributed by atoms with Crippen molar-refractivity contribution in [2.24, 2.45) is 11.7 Å². The molecule has 1 aromatic carbocycles. The lowest BCUT2D eigenvalue weighted by molar-refractivity contribution is -0.116. The average Bonchev–Trinajstić information content (AvgIpc) is 3.50. The van der Waals surface area contributed by atoms with Gasteiger partial charge in [0, 0.05) is 37.7 Å². The van der Waals surface area contributed by atoms with Crippen LogP contribution < -0.4 is 11.1 Å². The van der Waals surface area contributed by atoms with Crippen molar-refractivity contribution in [3.8, 4) is 6.07 Å². The lowest BCUT2D eigenvalue weighted by atomic mass is 9.75. The maximum atomic E-state index is 12.3. The van der Waals surface area contributed by atoms with Gasteiger partial charge in [-0.3, -0.25) is 19.2 Å². The first-order chi connectivity index (χ1) is 16.5. The highest BCUT2D eigenvalue weighted by molar-refractivity contribution is 6.01. The number of nitrogens with one attached hydrogen (secondary N) is 1. The highest BCUT2D eigenvalue weighted by Gasteiger charge is 2.42. The Balaban J connectivity index is 1.26. The normalized spacial score (nSPS) is 25.3. The van der Waals surface area contributed by atoms with E-state index in [2.05, 4.69) is 51.7 Å². The predicted molar refractivity (Wildman–Crippen MR) is 128 cm³/mol. The van der Waals surface area contributed by atoms with E-state index in [1.807, 2.05) is 0 Å². The molecule has 5 rings (SSSR count). The number of anilines is 1. The van der Waals surface area contributed by atoms with Gasteiger partial charge in [-0.25, -0.2) is 0 Å². The van der Waals surface area contributed by atoms with Crippen LogP contribution in [0.25, 0.3) is 0 Å². The third kappa shape index (κ3) is 4.58. The minimum Gasteiger partial charge on any atom is -0.365 e. The number of likely N-dealkylation sites (tertiary alicyclic amines) is 1. The first-order valence-electron chi connectivity index (χ1n) is 12.3. The second kappa shape index (κ2) is 9.22. The topological polar surface area (TPSA) is 117 Å². The number of carbonyl (C=O) groups excluding carboxylic acids is 2. The van der Waals surface area contributed by atoms with E-state index >= 15 is 0 Å². The number of benzene rings is 1. The van der Waals surface area contributed by atoms with Crippen molar-refractivity contribution in [3.63, 3.8) is 0 Å². The molecule has 2 heterocycles. The second-order valence-electron chi connectivity index (χ2n) is 10.2. The predicted octanol–water partition coefficient (Wildman–Crippen LogP) is 3.37. The zero-order chi connectivity index (χ0) is 23.7. The van der Waals surface area contributed by atoms with Gasteiger partial charge in [-0.1, -0.05) is 30.3 Å². The largest absolute Gasteiger partial charge is 0.365 e. The van der Waals surface area contributed by atoms with Crippen LogP contribution in [0.5, 0.6) is 0 Å². The summed E-state index contributed by atoms with van der Waals surface area (Å²) >= 11 is 0. The summed E-state index contributed by atoms with van der Waals surface area (Å²) in [5.74, 6) is 0.478. The van der Waals surface area contributed by atoms with Crippen molar-refractivity contribution < 1.29 is 9.59 Å². The van der Waals surface area contributed by atoms with Crippen LogP contribution in [0.15, 0.2) is 36.5 Å². The minimum absolute atomic E-state index is 0.140. The molecule has 0 atom stereocenters. The smallest absolute Gasteiger partial charge is 0.254 e. The zero-order valence-electron chi connectivity index (χ0n) is 19.4. The number of carbonyl (C=O) groups is 2. The van der Waals surface area contributed by atoms with E-state index in [0.717, 1.165) is 51.6 Å². The van der Waals surface area contributed by atoms with Crippen LogP contribution in [0.4, 0.5) is 5.82 Å². The molecular formula is C26H32N6O2. The molecule has 2 saturated carbocycles. The minimum atomic E-state index is -0.624. The van der Waals surface area contributed by atoms with Gasteiger partial charge in [0.25, 0.3) is 5.91 Å². The molecule has 3 aliphatic rings. The fourth-order valence-electron chi connectivity index (χ4n) is 5.54. The Kier molecular flexibility index (Phi) is 6.13. The monoisotopic (exact) mass is 460 g/mol. The molecule has 0 spiro atoms. The summed E-state index contributed by atoms with van der Waals surface area (Å²) in [7, 11) is 0. The molecular weight excluding hydrogens is 428 g/mol. The van der Waals surface area contributed by atoms with E-state index in [9.17, 15) is 14.9 Å². The molecule has 2 amide bonds. The van der Waals surface area contributed by atoms with Gasteiger partial charge in [0.15, 0.2) is 5.82 Å². The second-order valence-corrected chi connectivity index (χ2v) is 10.2. The molecule has 1 aliphatic heterocycles. The maximum absolute atomic E-state index is 12.3. The molecule has 0 bridgehead atoms. The number of primary amides is 1. The number of hydrogen-bond donors (Lipinski definition) is 2. The molecule has 8 nitrogen and oxygen atoms in total. The third-order valence-electron chi connectivity index (χ3n) is 7.89. The average molecular weight is 461 g/mol. The lowest BCUT2D eigenvalue weighted by Crippen LogP contribution is -2.53. The first-order valence-corrected chi connectivity index (χ1v) is 12.3. The van der Waals surface area contributed by atoms with Crippen molar-refractivity contribution in [2.45, 2.75) is 68.9 Å². The number of nitrogens with zero attached hydrogens (tertiary/aromatic N) is 4. The van der Waals surface area contributed by atoms with E-state index in [1.54, 1.807) is 10.9 Å². The SMILES string of the molecule is N#CC[C@]1(n2cc(C(N)=O)c(NC(=O)CC3CC3)n2)CC[C@H](N2CC(c3ccccc3)C2)CC1. The molecule has 8 heteroatoms. The quantitative estimate of drug-likeness (QED) is 0.626. The highest BCUT2D eigenvalue weighted by Crippen LogP contribution is 2.42. The summed E-state index contributed by atoms with van der Waals surface area (Å²) in [5, 5.41) is 17.0. The number of aromatic nitrogens is 2. The van der Waals surface area contributed by atoms with Gasteiger partial charge in [-0.2, -0.15) is 10.4 Å². The van der Waals surface area contributed by atoms with Crippen LogP contribution in [0, 0.1) is 17.2 Å². The maximum Gasteiger partial charge on any atom is 0.254 e. The number of amides is 2. The number of rotatable bonds is 8. The van der Waals surface area contributed by atoms with Crippen molar-refractivity contribution in [1.29, 1.82) is 5.26 Å². The molecule has 1 saturated heterocycles. The van der Waals surface area contributed by atoms with Crippen LogP contribution in [-0.2, 0) is 10.3 Å². The Hall–Kier alpha value is -3.18. The van der Waals surface area contributed by atoms with Crippen LogP contribution in [0.3, 0.4) is 0 Å². The van der Waals surface area contributed by atoms with E-state index in [0.29, 0.717) is 30.7 Å². The van der Waals surface area contributed by atoms with Crippen molar-refractivity contribution >= 4 is 17.6 Å². The van der Waals surface area contributed by atoms with Gasteiger partial charge >= 0.3 is 0 Å². The van der Waals surface area contributed by atoms with Gasteiger partial charge in [-0.15, -0.1) is 0 Å². The summed E-state index contributed by atoms with van der Waals surface area (Å²) < 4.78 is 1.74. The molecule has 0 unspecified atom stereocenters. The zero-order valence-corrected chi connectivity index (χ0v) is 19.4. The van der Waals surface area contributed by atoms with E-state index in [-0.39, 0.29) is 17.3 Å². The van der Waals surface area contributed by atoms with Crippen LogP contribution in [0.1, 0.15) is 73.2 Å². The van der Waals surface area contributed by atoms with Gasteiger partial charge in [0.1, 0.15) is 5.56 Å². The van der Waals surface area contributed by atoms with E-state index in [4.69, 9.17) is 5.73 Å². The van der Waals surface area contributed by atoms with Crippen molar-refractivity contribution in [3.05, 3.63) is 47.7 Å². The Morgan fingerprint density at radius 1 is 1.15 bits per heavy atom. The molecule has 2 aliphatic carbocycles. The summed E-state index contributed by atoms with van der Waals surface area (Å²) in [4.78, 5) is 27.0. The Morgan fingerprint density at radius 2 is 1.85 bits per heavy atom. The van der Waals surface area contributed by atoms with Crippen LogP contribution >= 0.6 is 0 Å². The fraction of sp³-hybridized carbons (Fsp3) is 0.538. The summed E-state index contributed by atoms with van der Waals surface area (Å²) in [5.41, 5.74) is 6.72. The van der Waals surface area contributed by atoms with Crippen LogP contribution in [-0.4, -0.2) is 45.6 Å². The van der Waals surface area contributed by atoms with E-state index < -0.39 is 11.4 Å². The summed E-state index contributed by atoms with van der Waals surface area (Å²) in [6.45, 7) is 2.15. The molecule has 34 heavy (non-hydrogen) atoms. The van der Waals surface area contributed by atoms with Gasteiger partial charge < -0.3 is 11.1 Å². The van der Waals surface area contributed by atoms with E-state index in [1.165, 1.54) is 5.56 Å². The standard InChI is InChI=1S/C26H32N6O2/c27-13-12-26(32-17-22(24(28)34)25(30-32)29-23(33)14-18-6-7-18)10-8-21(9-11-26)31-15-20(16-31)19-4-2-1-3-5-19/h1-5,17-18,20-21H,6-12,14-16H2,(H2,28,34)(H,29,30,33)/t21-,26-. The van der Waals surface area contributed by atoms with Gasteiger partial charge in [0.2, 0.25) is 5.91 Å². The summed E-state index contributed by atoms with van der Waals surface area (Å²) in [6, 6.07) is 13.5. The highest BCUT2D eigenvalue weighted by atomic mass is 16.2. The number of nitrogens with two attached hydrogens (primary N) is 1. The molecule has 178 valence electrons. The first kappa shape index (κ1) is 22.6. The van der Waals surface area contributed by atoms with Gasteiger partial charge in [0.05, 0.1) is 18.0 Å². The van der Waals surface area contributed by atoms with Crippen molar-refractivity contribution in [1.82, 2.24) is 14.7 Å². The third-order valence-corrected chi connectivity index (χ3v) is 7.89. The molecule has 2 aromatic rings. The Morgan fingerprint density at radius 3 is 2.47 bits per heavy atom. The lowest BCUT2D eigenvalue weighted by Gasteiger charge is -2.49. The molecule has 3 fully saturated rings. The number of nitriles is 1. The molecule has 1 aromatic heterocycles. The van der Waals surface area contributed by atoms with Crippen molar-refractivity contribution in [2.75, 3.05) is 18.4 Å². The fourth-order valence-corrected chi connectivity index (χ4v) is 5.54. The molecule has 0 radical (unpaired) electrons. The Bertz CT molecular complexity index is 1090.